The molecule has 3 rings (SSSR count). The number of aryl methyl sites for hydroxylation is 1. The highest BCUT2D eigenvalue weighted by Crippen LogP contribution is 2.32. The molecule has 2 aromatic rings. The van der Waals surface area contributed by atoms with Gasteiger partial charge in [-0.25, -0.2) is 9.78 Å². The van der Waals surface area contributed by atoms with Gasteiger partial charge in [0.15, 0.2) is 0 Å². The lowest BCUT2D eigenvalue weighted by Gasteiger charge is -2.33. The van der Waals surface area contributed by atoms with E-state index in [0.29, 0.717) is 24.3 Å². The molecule has 8 heteroatoms. The summed E-state index contributed by atoms with van der Waals surface area (Å²) in [5, 5.41) is 0. The third kappa shape index (κ3) is 5.10. The monoisotopic (exact) mass is 409 g/mol. The van der Waals surface area contributed by atoms with Crippen molar-refractivity contribution in [2.45, 2.75) is 51.3 Å². The molecule has 2 heterocycles. The summed E-state index contributed by atoms with van der Waals surface area (Å²) >= 11 is 0. The van der Waals surface area contributed by atoms with Crippen molar-refractivity contribution in [2.24, 2.45) is 7.05 Å². The van der Waals surface area contributed by atoms with Crippen LogP contribution in [0.25, 0.3) is 11.3 Å². The fourth-order valence-corrected chi connectivity index (χ4v) is 3.48. The third-order valence-corrected chi connectivity index (χ3v) is 4.93. The van der Waals surface area contributed by atoms with Crippen LogP contribution in [0.5, 0.6) is 0 Å². The molecule has 0 saturated carbocycles. The zero-order chi connectivity index (χ0) is 21.4. The van der Waals surface area contributed by atoms with Gasteiger partial charge in [0.2, 0.25) is 0 Å². The SMILES string of the molecule is Cn1cc(-c2ccc(C(F)(F)F)cc2)nc1C1CCN(C(=O)OC(C)(C)C)CC1. The number of ether oxygens (including phenoxy) is 1. The minimum Gasteiger partial charge on any atom is -0.444 e. The molecule has 0 atom stereocenters. The molecule has 1 amide bonds. The van der Waals surface area contributed by atoms with Crippen LogP contribution >= 0.6 is 0 Å². The molecule has 1 fully saturated rings. The summed E-state index contributed by atoms with van der Waals surface area (Å²) in [6.07, 6.45) is -1.30. The zero-order valence-electron chi connectivity index (χ0n) is 17.1. The molecule has 1 aliphatic heterocycles. The van der Waals surface area contributed by atoms with E-state index in [-0.39, 0.29) is 12.0 Å². The molecular weight excluding hydrogens is 383 g/mol. The Morgan fingerprint density at radius 3 is 2.21 bits per heavy atom. The van der Waals surface area contributed by atoms with Crippen LogP contribution in [0.1, 0.15) is 50.9 Å². The fraction of sp³-hybridized carbons (Fsp3) is 0.524. The van der Waals surface area contributed by atoms with E-state index in [9.17, 15) is 18.0 Å². The van der Waals surface area contributed by atoms with Gasteiger partial charge in [0, 0.05) is 37.8 Å². The van der Waals surface area contributed by atoms with Crippen LogP contribution in [0.4, 0.5) is 18.0 Å². The van der Waals surface area contributed by atoms with Crippen molar-refractivity contribution >= 4 is 6.09 Å². The second kappa shape index (κ2) is 7.72. The van der Waals surface area contributed by atoms with E-state index in [1.54, 1.807) is 4.90 Å². The van der Waals surface area contributed by atoms with Gasteiger partial charge in [-0.15, -0.1) is 0 Å². The first kappa shape index (κ1) is 21.2. The Morgan fingerprint density at radius 2 is 1.69 bits per heavy atom. The van der Waals surface area contributed by atoms with Gasteiger partial charge in [-0.1, -0.05) is 12.1 Å². The number of piperidine rings is 1. The highest BCUT2D eigenvalue weighted by Gasteiger charge is 2.31. The van der Waals surface area contributed by atoms with Gasteiger partial charge in [0.05, 0.1) is 11.3 Å². The van der Waals surface area contributed by atoms with Crippen LogP contribution in [0, 0.1) is 0 Å². The second-order valence-corrected chi connectivity index (χ2v) is 8.41. The number of halogens is 3. The lowest BCUT2D eigenvalue weighted by Crippen LogP contribution is -2.41. The van der Waals surface area contributed by atoms with E-state index in [4.69, 9.17) is 4.74 Å². The predicted molar refractivity (Wildman–Crippen MR) is 103 cm³/mol. The fourth-order valence-electron chi connectivity index (χ4n) is 3.48. The van der Waals surface area contributed by atoms with Gasteiger partial charge in [0.25, 0.3) is 0 Å². The molecule has 1 saturated heterocycles. The van der Waals surface area contributed by atoms with Gasteiger partial charge in [-0.3, -0.25) is 0 Å². The van der Waals surface area contributed by atoms with Gasteiger partial charge in [-0.05, 0) is 45.7 Å². The highest BCUT2D eigenvalue weighted by molar-refractivity contribution is 5.68. The summed E-state index contributed by atoms with van der Waals surface area (Å²) in [5.74, 6) is 1.06. The lowest BCUT2D eigenvalue weighted by atomic mass is 9.96. The van der Waals surface area contributed by atoms with Crippen LogP contribution in [-0.2, 0) is 18.0 Å². The van der Waals surface area contributed by atoms with Crippen LogP contribution in [0.2, 0.25) is 0 Å². The molecular formula is C21H26F3N3O2. The number of hydrogen-bond donors (Lipinski definition) is 0. The van der Waals surface area contributed by atoms with Crippen LogP contribution in [0.15, 0.2) is 30.5 Å². The second-order valence-electron chi connectivity index (χ2n) is 8.41. The summed E-state index contributed by atoms with van der Waals surface area (Å²) < 4.78 is 45.6. The largest absolute Gasteiger partial charge is 0.444 e. The summed E-state index contributed by atoms with van der Waals surface area (Å²) in [6.45, 7) is 6.70. The average Bonchev–Trinajstić information content (AvgIpc) is 3.01. The van der Waals surface area contributed by atoms with E-state index in [2.05, 4.69) is 4.98 Å². The third-order valence-electron chi connectivity index (χ3n) is 4.93. The summed E-state index contributed by atoms with van der Waals surface area (Å²) in [7, 11) is 1.89. The van der Waals surface area contributed by atoms with Crippen LogP contribution in [-0.4, -0.2) is 39.2 Å². The first-order valence-corrected chi connectivity index (χ1v) is 9.63. The molecule has 158 valence electrons. The van der Waals surface area contributed by atoms with Crippen molar-refractivity contribution < 1.29 is 22.7 Å². The number of nitrogens with zero attached hydrogens (tertiary/aromatic N) is 3. The molecule has 0 spiro atoms. The molecule has 1 aromatic carbocycles. The Kier molecular flexibility index (Phi) is 5.65. The minimum absolute atomic E-state index is 0.182. The summed E-state index contributed by atoms with van der Waals surface area (Å²) in [5.41, 5.74) is 0.0909. The summed E-state index contributed by atoms with van der Waals surface area (Å²) in [6, 6.07) is 5.03. The number of amides is 1. The number of imidazole rings is 1. The number of benzene rings is 1. The van der Waals surface area contributed by atoms with Crippen molar-refractivity contribution in [3.63, 3.8) is 0 Å². The molecule has 29 heavy (non-hydrogen) atoms. The molecule has 0 unspecified atom stereocenters. The van der Waals surface area contributed by atoms with E-state index in [0.717, 1.165) is 30.8 Å². The standard InChI is InChI=1S/C21H26F3N3O2/c1-20(2,3)29-19(28)27-11-9-15(10-12-27)18-25-17(13-26(18)4)14-5-7-16(8-6-14)21(22,23)24/h5-8,13,15H,9-12H2,1-4H3. The van der Waals surface area contributed by atoms with E-state index in [1.807, 2.05) is 38.6 Å². The maximum Gasteiger partial charge on any atom is 0.416 e. The van der Waals surface area contributed by atoms with Crippen molar-refractivity contribution in [3.8, 4) is 11.3 Å². The Balaban J connectivity index is 1.68. The maximum atomic E-state index is 12.8. The zero-order valence-corrected chi connectivity index (χ0v) is 17.1. The van der Waals surface area contributed by atoms with Gasteiger partial charge < -0.3 is 14.2 Å². The van der Waals surface area contributed by atoms with Gasteiger partial charge >= 0.3 is 12.3 Å². The molecule has 0 bridgehead atoms. The first-order valence-electron chi connectivity index (χ1n) is 9.63. The molecule has 1 aliphatic rings. The lowest BCUT2D eigenvalue weighted by molar-refractivity contribution is -0.137. The number of aromatic nitrogens is 2. The topological polar surface area (TPSA) is 47.4 Å². The number of rotatable bonds is 2. The van der Waals surface area contributed by atoms with E-state index < -0.39 is 17.3 Å². The number of alkyl halides is 3. The smallest absolute Gasteiger partial charge is 0.416 e. The molecule has 0 aliphatic carbocycles. The van der Waals surface area contributed by atoms with Crippen LogP contribution < -0.4 is 0 Å². The van der Waals surface area contributed by atoms with E-state index >= 15 is 0 Å². The number of hydrogen-bond acceptors (Lipinski definition) is 3. The van der Waals surface area contributed by atoms with Crippen molar-refractivity contribution in [3.05, 3.63) is 41.9 Å². The van der Waals surface area contributed by atoms with E-state index in [1.165, 1.54) is 12.1 Å². The van der Waals surface area contributed by atoms with Gasteiger partial charge in [0.1, 0.15) is 11.4 Å². The molecule has 5 nitrogen and oxygen atoms in total. The Bertz CT molecular complexity index is 859. The molecule has 0 N–H and O–H groups in total. The molecule has 0 radical (unpaired) electrons. The van der Waals surface area contributed by atoms with Crippen molar-refractivity contribution in [1.82, 2.24) is 14.5 Å². The Hall–Kier alpha value is -2.51. The van der Waals surface area contributed by atoms with Crippen molar-refractivity contribution in [2.75, 3.05) is 13.1 Å². The maximum absolute atomic E-state index is 12.8. The number of carbonyl (C=O) groups is 1. The number of carbonyl (C=O) groups excluding carboxylic acids is 1. The quantitative estimate of drug-likeness (QED) is 0.683. The average molecular weight is 409 g/mol. The normalized spacial score (nSPS) is 16.2. The number of likely N-dealkylation sites (tertiary alicyclic amines) is 1. The van der Waals surface area contributed by atoms with Crippen LogP contribution in [0.3, 0.4) is 0 Å². The van der Waals surface area contributed by atoms with Gasteiger partial charge in [-0.2, -0.15) is 13.2 Å². The predicted octanol–water partition coefficient (Wildman–Crippen LogP) is 5.22. The first-order chi connectivity index (χ1) is 13.4. The Morgan fingerprint density at radius 1 is 1.10 bits per heavy atom. The highest BCUT2D eigenvalue weighted by atomic mass is 19.4. The van der Waals surface area contributed by atoms with Crippen molar-refractivity contribution in [1.29, 1.82) is 0 Å². The molecule has 1 aromatic heterocycles. The summed E-state index contributed by atoms with van der Waals surface area (Å²) in [4.78, 5) is 18.6. The Labute approximate surface area is 168 Å². The minimum atomic E-state index is -4.35.